The van der Waals surface area contributed by atoms with E-state index in [0.29, 0.717) is 11.2 Å². The molecule has 0 bridgehead atoms. The summed E-state index contributed by atoms with van der Waals surface area (Å²) in [5.41, 5.74) is 5.70. The number of anilines is 1. The molecule has 0 aromatic carbocycles. The molecule has 0 spiro atoms. The van der Waals surface area contributed by atoms with E-state index in [1.807, 2.05) is 13.8 Å². The molecule has 12 nitrogen and oxygen atoms in total. The lowest BCUT2D eigenvalue weighted by atomic mass is 9.93. The number of rotatable bonds is 5. The maximum atomic E-state index is 12.1. The summed E-state index contributed by atoms with van der Waals surface area (Å²) in [5, 5.41) is 4.19. The van der Waals surface area contributed by atoms with Crippen molar-refractivity contribution in [2.24, 2.45) is 5.92 Å². The minimum atomic E-state index is -4.30. The van der Waals surface area contributed by atoms with E-state index < -0.39 is 37.9 Å². The molecular weight excluding hydrogens is 419 g/mol. The molecule has 2 aromatic heterocycles. The van der Waals surface area contributed by atoms with Gasteiger partial charge in [0.1, 0.15) is 42.4 Å². The van der Waals surface area contributed by atoms with Crippen LogP contribution in [0.2, 0.25) is 0 Å². The van der Waals surface area contributed by atoms with Crippen molar-refractivity contribution in [1.82, 2.24) is 14.6 Å². The second-order valence-corrected chi connectivity index (χ2v) is 9.11. The highest BCUT2D eigenvalue weighted by molar-refractivity contribution is 7.47. The van der Waals surface area contributed by atoms with Crippen molar-refractivity contribution in [2.45, 2.75) is 44.7 Å². The summed E-state index contributed by atoms with van der Waals surface area (Å²) in [4.78, 5) is 25.7. The third-order valence-corrected chi connectivity index (χ3v) is 6.00. The van der Waals surface area contributed by atoms with Gasteiger partial charge < -0.3 is 24.8 Å². The lowest BCUT2D eigenvalue weighted by Crippen LogP contribution is -2.38. The highest BCUT2D eigenvalue weighted by atomic mass is 31.2. The van der Waals surface area contributed by atoms with Crippen molar-refractivity contribution in [3.8, 4) is 0 Å². The highest BCUT2D eigenvalue weighted by Crippen LogP contribution is 2.61. The predicted octanol–water partition coefficient (Wildman–Crippen LogP) is 1.62. The fourth-order valence-electron chi connectivity index (χ4n) is 3.65. The predicted molar refractivity (Wildman–Crippen MR) is 101 cm³/mol. The van der Waals surface area contributed by atoms with E-state index in [4.69, 9.17) is 29.0 Å². The first kappa shape index (κ1) is 21.0. The first-order valence-corrected chi connectivity index (χ1v) is 10.9. The number of fused-ring (bicyclic) bond motifs is 2. The Morgan fingerprint density at radius 3 is 2.90 bits per heavy atom. The summed E-state index contributed by atoms with van der Waals surface area (Å²) in [7, 11) is -4.30. The van der Waals surface area contributed by atoms with E-state index in [-0.39, 0.29) is 24.9 Å². The third kappa shape index (κ3) is 3.65. The van der Waals surface area contributed by atoms with Crippen LogP contribution in [-0.4, -0.2) is 57.2 Å². The number of nitrogen functional groups attached to an aromatic ring is 1. The van der Waals surface area contributed by atoms with Gasteiger partial charge in [-0.25, -0.2) is 18.9 Å². The van der Waals surface area contributed by atoms with Crippen molar-refractivity contribution in [2.75, 3.05) is 18.9 Å². The first-order valence-electron chi connectivity index (χ1n) is 9.36. The van der Waals surface area contributed by atoms with E-state index >= 15 is 0 Å². The number of nitrogens with zero attached hydrogens (tertiary/aromatic N) is 3. The fourth-order valence-corrected chi connectivity index (χ4v) is 4.86. The van der Waals surface area contributed by atoms with Crippen LogP contribution >= 0.6 is 7.82 Å². The number of nitrogens with two attached hydrogens (primary N) is 1. The van der Waals surface area contributed by atoms with Crippen LogP contribution in [0, 0.1) is 5.92 Å². The Hall–Kier alpha value is -2.24. The maximum Gasteiger partial charge on any atom is 0.508 e. The van der Waals surface area contributed by atoms with Crippen LogP contribution in [0.4, 0.5) is 10.6 Å². The number of aromatic nitrogens is 3. The Morgan fingerprint density at radius 2 is 2.17 bits per heavy atom. The molecule has 4 heterocycles. The van der Waals surface area contributed by atoms with E-state index in [9.17, 15) is 14.3 Å². The van der Waals surface area contributed by atoms with Crippen LogP contribution < -0.4 is 5.73 Å². The largest absolute Gasteiger partial charge is 0.508 e. The van der Waals surface area contributed by atoms with Crippen molar-refractivity contribution < 1.29 is 37.5 Å². The Morgan fingerprint density at radius 1 is 1.40 bits per heavy atom. The molecule has 2 aliphatic heterocycles. The van der Waals surface area contributed by atoms with Gasteiger partial charge in [-0.15, -0.1) is 0 Å². The molecule has 0 amide bonds. The van der Waals surface area contributed by atoms with Gasteiger partial charge in [0, 0.05) is 0 Å². The molecule has 0 aliphatic carbocycles. The molecule has 30 heavy (non-hydrogen) atoms. The minimum Gasteiger partial charge on any atom is -0.434 e. The quantitative estimate of drug-likeness (QED) is 0.512. The van der Waals surface area contributed by atoms with Crippen molar-refractivity contribution in [1.29, 1.82) is 0 Å². The zero-order valence-electron chi connectivity index (χ0n) is 16.6. The van der Waals surface area contributed by atoms with Crippen LogP contribution in [-0.2, 0) is 33.4 Å². The number of phosphoric ester groups is 1. The maximum absolute atomic E-state index is 12.1. The molecule has 5 atom stereocenters. The van der Waals surface area contributed by atoms with E-state index in [1.165, 1.54) is 10.8 Å². The number of ether oxygens (including phenoxy) is 3. The molecule has 2 aliphatic rings. The van der Waals surface area contributed by atoms with E-state index in [1.54, 1.807) is 19.1 Å². The van der Waals surface area contributed by atoms with E-state index in [2.05, 4.69) is 10.1 Å². The summed E-state index contributed by atoms with van der Waals surface area (Å²) in [6.45, 7) is 5.42. The van der Waals surface area contributed by atoms with Crippen LogP contribution in [0.15, 0.2) is 18.5 Å². The Labute approximate surface area is 171 Å². The van der Waals surface area contributed by atoms with Crippen molar-refractivity contribution >= 4 is 25.3 Å². The second kappa shape index (κ2) is 7.47. The molecule has 2 saturated heterocycles. The third-order valence-electron chi connectivity index (χ3n) is 5.00. The zero-order chi connectivity index (χ0) is 21.7. The summed E-state index contributed by atoms with van der Waals surface area (Å²) >= 11 is 0. The summed E-state index contributed by atoms with van der Waals surface area (Å²) in [6, 6.07) is 3.41. The number of carbonyl (C=O) groups is 1. The summed E-state index contributed by atoms with van der Waals surface area (Å²) < 4.78 is 40.4. The Kier molecular flexibility index (Phi) is 5.23. The smallest absolute Gasteiger partial charge is 0.434 e. The molecule has 2 fully saturated rings. The highest BCUT2D eigenvalue weighted by Gasteiger charge is 2.64. The number of carbonyl (C=O) groups excluding carboxylic acids is 1. The number of phosphoric acid groups is 1. The molecule has 13 heteroatoms. The standard InChI is InChI=1S/C17H23N4O8P/c1-9(2)6-25-16(22)26-7-11-13-14(29-30(23,24)28-13)17(3,27-11)12-5-4-10-15(18)19-8-20-21(10)12/h4-5,8-9,11,13-14H,6-7H2,1-3H3,(H,23,24)(H2,18,19,20)/t11-,13-,14-,17+/m1/s1. The molecular formula is C17H23N4O8P. The molecule has 1 unspecified atom stereocenters. The summed E-state index contributed by atoms with van der Waals surface area (Å²) in [5.74, 6) is 0.412. The van der Waals surface area contributed by atoms with Gasteiger partial charge in [0.05, 0.1) is 12.3 Å². The average Bonchev–Trinajstić information content (AvgIpc) is 3.31. The summed E-state index contributed by atoms with van der Waals surface area (Å²) in [6.07, 6.45) is -2.36. The monoisotopic (exact) mass is 442 g/mol. The van der Waals surface area contributed by atoms with Gasteiger partial charge in [0.25, 0.3) is 0 Å². The second-order valence-electron chi connectivity index (χ2n) is 7.75. The Balaban J connectivity index is 1.60. The average molecular weight is 442 g/mol. The van der Waals surface area contributed by atoms with Gasteiger partial charge in [-0.05, 0) is 25.0 Å². The molecule has 3 N–H and O–H groups in total. The normalized spacial score (nSPS) is 33.2. The van der Waals surface area contributed by atoms with E-state index in [0.717, 1.165) is 0 Å². The van der Waals surface area contributed by atoms with Crippen LogP contribution in [0.5, 0.6) is 0 Å². The number of hydrogen-bond donors (Lipinski definition) is 2. The fraction of sp³-hybridized carbons (Fsp3) is 0.588. The van der Waals surface area contributed by atoms with Crippen LogP contribution in [0.3, 0.4) is 0 Å². The van der Waals surface area contributed by atoms with Crippen LogP contribution in [0.1, 0.15) is 26.5 Å². The molecule has 164 valence electrons. The van der Waals surface area contributed by atoms with Gasteiger partial charge in [0.2, 0.25) is 0 Å². The molecule has 0 radical (unpaired) electrons. The number of hydrogen-bond acceptors (Lipinski definition) is 10. The topological polar surface area (TPSA) is 157 Å². The SMILES string of the molecule is CC(C)COC(=O)OC[C@H]1O[C@@](C)(c2ccc3c(N)ncnn23)[C@@H]2OP(=O)(O)O[C@@H]21. The minimum absolute atomic E-state index is 0.150. The first-order chi connectivity index (χ1) is 14.1. The molecule has 0 saturated carbocycles. The lowest BCUT2D eigenvalue weighted by Gasteiger charge is -2.28. The zero-order valence-corrected chi connectivity index (χ0v) is 17.5. The van der Waals surface area contributed by atoms with Crippen molar-refractivity contribution in [3.63, 3.8) is 0 Å². The lowest BCUT2D eigenvalue weighted by molar-refractivity contribution is -0.0983. The van der Waals surface area contributed by atoms with Crippen molar-refractivity contribution in [3.05, 3.63) is 24.2 Å². The van der Waals surface area contributed by atoms with Gasteiger partial charge in [-0.3, -0.25) is 9.05 Å². The van der Waals surface area contributed by atoms with Gasteiger partial charge >= 0.3 is 14.0 Å². The van der Waals surface area contributed by atoms with Gasteiger partial charge in [-0.2, -0.15) is 5.10 Å². The Bertz CT molecular complexity index is 1010. The van der Waals surface area contributed by atoms with Crippen LogP contribution in [0.25, 0.3) is 5.52 Å². The van der Waals surface area contributed by atoms with Gasteiger partial charge in [-0.1, -0.05) is 13.8 Å². The molecule has 2 aromatic rings. The van der Waals surface area contributed by atoms with Gasteiger partial charge in [0.15, 0.2) is 5.82 Å². The molecule has 4 rings (SSSR count).